The van der Waals surface area contributed by atoms with Gasteiger partial charge in [-0.1, -0.05) is 0 Å². The van der Waals surface area contributed by atoms with Crippen LogP contribution in [0.15, 0.2) is 40.1 Å². The second-order valence-corrected chi connectivity index (χ2v) is 8.34. The maximum absolute atomic E-state index is 12.3. The van der Waals surface area contributed by atoms with Crippen molar-refractivity contribution in [3.05, 3.63) is 56.9 Å². The van der Waals surface area contributed by atoms with Crippen molar-refractivity contribution in [2.45, 2.75) is 51.0 Å². The average Bonchev–Trinajstić information content (AvgIpc) is 3.16. The van der Waals surface area contributed by atoms with Crippen LogP contribution >= 0.6 is 0 Å². The Labute approximate surface area is 185 Å². The molecule has 0 spiro atoms. The van der Waals surface area contributed by atoms with E-state index in [1.807, 2.05) is 24.3 Å². The molecule has 10 heteroatoms. The van der Waals surface area contributed by atoms with Crippen LogP contribution < -0.4 is 26.8 Å². The van der Waals surface area contributed by atoms with Crippen molar-refractivity contribution in [1.82, 2.24) is 14.9 Å². The summed E-state index contributed by atoms with van der Waals surface area (Å²) in [6.45, 7) is 3.78. The maximum atomic E-state index is 12.3. The van der Waals surface area contributed by atoms with Crippen molar-refractivity contribution in [3.63, 3.8) is 0 Å². The molecule has 0 unspecified atom stereocenters. The largest absolute Gasteiger partial charge is 0.390 e. The van der Waals surface area contributed by atoms with Gasteiger partial charge in [0.25, 0.3) is 5.56 Å². The zero-order valence-electron chi connectivity index (χ0n) is 18.0. The van der Waals surface area contributed by atoms with E-state index in [9.17, 15) is 19.5 Å². The predicted molar refractivity (Wildman–Crippen MR) is 120 cm³/mol. The number of carbonyl (C=O) groups excluding carboxylic acids is 1. The van der Waals surface area contributed by atoms with Gasteiger partial charge < -0.3 is 25.4 Å². The van der Waals surface area contributed by atoms with Crippen molar-refractivity contribution in [3.8, 4) is 0 Å². The lowest BCUT2D eigenvalue weighted by atomic mass is 10.1. The molecule has 2 aliphatic rings. The fourth-order valence-corrected chi connectivity index (χ4v) is 4.15. The van der Waals surface area contributed by atoms with Crippen molar-refractivity contribution in [2.75, 3.05) is 29.9 Å². The number of nitrogens with one attached hydrogen (secondary N) is 3. The van der Waals surface area contributed by atoms with Crippen LogP contribution in [0.1, 0.15) is 37.5 Å². The standard InChI is InChI=1S/C22H29N5O5/c1-14-13-27(22(31)25-20(14)29)19-11-17(28)18(32-19)12-23-21(30)24-15-5-7-16(8-6-15)26-9-3-2-4-10-26/h5-8,13,17-19,28H,2-4,9-12H2,1H3,(H2,23,24,30)(H,25,29,31)/t17-,18+,19+/m0/s1. The molecule has 2 aromatic rings. The van der Waals surface area contributed by atoms with E-state index in [4.69, 9.17) is 4.74 Å². The number of ether oxygens (including phenoxy) is 1. The van der Waals surface area contributed by atoms with Crippen LogP contribution in [-0.2, 0) is 4.74 Å². The molecule has 2 aliphatic heterocycles. The lowest BCUT2D eigenvalue weighted by molar-refractivity contribution is -0.0178. The Balaban J connectivity index is 1.29. The zero-order chi connectivity index (χ0) is 22.7. The van der Waals surface area contributed by atoms with Gasteiger partial charge in [-0.2, -0.15) is 0 Å². The number of hydrogen-bond donors (Lipinski definition) is 4. The van der Waals surface area contributed by atoms with Crippen molar-refractivity contribution < 1.29 is 14.6 Å². The molecule has 172 valence electrons. The normalized spacial score (nSPS) is 23.2. The Morgan fingerprint density at radius 2 is 1.91 bits per heavy atom. The molecule has 2 amide bonds. The topological polar surface area (TPSA) is 129 Å². The highest BCUT2D eigenvalue weighted by molar-refractivity contribution is 5.89. The summed E-state index contributed by atoms with van der Waals surface area (Å²) in [7, 11) is 0. The Kier molecular flexibility index (Phi) is 6.61. The Morgan fingerprint density at radius 1 is 1.19 bits per heavy atom. The summed E-state index contributed by atoms with van der Waals surface area (Å²) >= 11 is 0. The number of anilines is 2. The first-order valence-corrected chi connectivity index (χ1v) is 11.0. The van der Waals surface area contributed by atoms with E-state index in [0.29, 0.717) is 11.3 Å². The number of aromatic amines is 1. The molecule has 2 saturated heterocycles. The summed E-state index contributed by atoms with van der Waals surface area (Å²) in [5.41, 5.74) is 1.14. The zero-order valence-corrected chi connectivity index (χ0v) is 18.0. The van der Waals surface area contributed by atoms with Gasteiger partial charge in [0.05, 0.1) is 6.10 Å². The number of piperidine rings is 1. The molecule has 4 N–H and O–H groups in total. The number of aromatic nitrogens is 2. The number of aliphatic hydroxyl groups is 1. The van der Waals surface area contributed by atoms with Crippen LogP contribution in [0.3, 0.4) is 0 Å². The van der Waals surface area contributed by atoms with E-state index in [-0.39, 0.29) is 13.0 Å². The van der Waals surface area contributed by atoms with Crippen molar-refractivity contribution >= 4 is 17.4 Å². The van der Waals surface area contributed by atoms with E-state index in [1.54, 1.807) is 6.92 Å². The van der Waals surface area contributed by atoms with Crippen LogP contribution in [0.25, 0.3) is 0 Å². The number of aryl methyl sites for hydroxylation is 1. The second kappa shape index (κ2) is 9.58. The highest BCUT2D eigenvalue weighted by Crippen LogP contribution is 2.27. The molecule has 0 saturated carbocycles. The third kappa shape index (κ3) is 5.03. The molecule has 3 heterocycles. The number of benzene rings is 1. The number of carbonyl (C=O) groups is 1. The van der Waals surface area contributed by atoms with Crippen LogP contribution in [0.4, 0.5) is 16.2 Å². The van der Waals surface area contributed by atoms with Gasteiger partial charge in [0.1, 0.15) is 12.3 Å². The van der Waals surface area contributed by atoms with E-state index in [1.165, 1.54) is 30.0 Å². The predicted octanol–water partition coefficient (Wildman–Crippen LogP) is 1.31. The first kappa shape index (κ1) is 22.1. The molecular formula is C22H29N5O5. The van der Waals surface area contributed by atoms with E-state index < -0.39 is 35.7 Å². The minimum Gasteiger partial charge on any atom is -0.390 e. The summed E-state index contributed by atoms with van der Waals surface area (Å²) in [5, 5.41) is 15.8. The highest BCUT2D eigenvalue weighted by atomic mass is 16.5. The molecule has 4 rings (SSSR count). The van der Waals surface area contributed by atoms with Gasteiger partial charge in [0, 0.05) is 49.2 Å². The summed E-state index contributed by atoms with van der Waals surface area (Å²) < 4.78 is 7.02. The quantitative estimate of drug-likeness (QED) is 0.552. The SMILES string of the molecule is Cc1cn([C@H]2C[C@H](O)[C@@H](CNC(=O)Nc3ccc(N4CCCCC4)cc3)O2)c(=O)[nH]c1=O. The molecule has 2 fully saturated rings. The van der Waals surface area contributed by atoms with Gasteiger partial charge in [-0.25, -0.2) is 9.59 Å². The summed E-state index contributed by atoms with van der Waals surface area (Å²) in [5.74, 6) is 0. The Morgan fingerprint density at radius 3 is 2.62 bits per heavy atom. The van der Waals surface area contributed by atoms with Gasteiger partial charge in [0.15, 0.2) is 0 Å². The third-order valence-electron chi connectivity index (χ3n) is 5.97. The number of nitrogens with zero attached hydrogens (tertiary/aromatic N) is 2. The van der Waals surface area contributed by atoms with Crippen LogP contribution in [0.5, 0.6) is 0 Å². The number of hydrogen-bond acceptors (Lipinski definition) is 6. The Hall–Kier alpha value is -3.11. The van der Waals surface area contributed by atoms with Crippen LogP contribution in [0.2, 0.25) is 0 Å². The first-order chi connectivity index (χ1) is 15.4. The molecule has 1 aromatic heterocycles. The number of rotatable bonds is 5. The molecular weight excluding hydrogens is 414 g/mol. The van der Waals surface area contributed by atoms with Crippen molar-refractivity contribution in [1.29, 1.82) is 0 Å². The first-order valence-electron chi connectivity index (χ1n) is 11.0. The molecule has 1 aromatic carbocycles. The van der Waals surface area contributed by atoms with E-state index >= 15 is 0 Å². The fourth-order valence-electron chi connectivity index (χ4n) is 4.15. The van der Waals surface area contributed by atoms with Gasteiger partial charge in [0.2, 0.25) is 0 Å². The molecule has 3 atom stereocenters. The number of urea groups is 1. The van der Waals surface area contributed by atoms with E-state index in [0.717, 1.165) is 18.8 Å². The third-order valence-corrected chi connectivity index (χ3v) is 5.97. The summed E-state index contributed by atoms with van der Waals surface area (Å²) in [6, 6.07) is 7.32. The monoisotopic (exact) mass is 443 g/mol. The summed E-state index contributed by atoms with van der Waals surface area (Å²) in [6.07, 6.45) is 3.02. The molecule has 32 heavy (non-hydrogen) atoms. The molecule has 10 nitrogen and oxygen atoms in total. The summed E-state index contributed by atoms with van der Waals surface area (Å²) in [4.78, 5) is 40.5. The highest BCUT2D eigenvalue weighted by Gasteiger charge is 2.35. The average molecular weight is 444 g/mol. The maximum Gasteiger partial charge on any atom is 0.330 e. The molecule has 0 radical (unpaired) electrons. The number of amides is 2. The molecule has 0 bridgehead atoms. The smallest absolute Gasteiger partial charge is 0.330 e. The fraction of sp³-hybridized carbons (Fsp3) is 0.500. The number of H-pyrrole nitrogens is 1. The van der Waals surface area contributed by atoms with Gasteiger partial charge in [-0.3, -0.25) is 14.3 Å². The van der Waals surface area contributed by atoms with Crippen molar-refractivity contribution in [2.24, 2.45) is 0 Å². The van der Waals surface area contributed by atoms with Gasteiger partial charge in [-0.05, 0) is 50.5 Å². The van der Waals surface area contributed by atoms with E-state index in [2.05, 4.69) is 20.5 Å². The van der Waals surface area contributed by atoms with Gasteiger partial charge in [-0.15, -0.1) is 0 Å². The van der Waals surface area contributed by atoms with Gasteiger partial charge >= 0.3 is 11.7 Å². The minimum atomic E-state index is -0.858. The van der Waals surface area contributed by atoms with Crippen LogP contribution in [-0.4, -0.2) is 52.5 Å². The Bertz CT molecular complexity index is 1060. The molecule has 0 aliphatic carbocycles. The minimum absolute atomic E-state index is 0.0758. The second-order valence-electron chi connectivity index (χ2n) is 8.34. The number of aliphatic hydroxyl groups excluding tert-OH is 1. The van der Waals surface area contributed by atoms with Crippen LogP contribution in [0, 0.1) is 6.92 Å². The lowest BCUT2D eigenvalue weighted by Gasteiger charge is -2.28. The lowest BCUT2D eigenvalue weighted by Crippen LogP contribution is -2.39.